The summed E-state index contributed by atoms with van der Waals surface area (Å²) in [5.74, 6) is 0.331. The highest BCUT2D eigenvalue weighted by Gasteiger charge is 2.23. The molecular formula is C19H26N4O2. The van der Waals surface area contributed by atoms with Gasteiger partial charge in [-0.3, -0.25) is 4.68 Å². The van der Waals surface area contributed by atoms with Crippen molar-refractivity contribution < 1.29 is 9.90 Å². The lowest BCUT2D eigenvalue weighted by Crippen LogP contribution is -2.45. The Kier molecular flexibility index (Phi) is 5.71. The number of amides is 2. The van der Waals surface area contributed by atoms with Crippen LogP contribution >= 0.6 is 0 Å². The zero-order valence-corrected chi connectivity index (χ0v) is 14.6. The van der Waals surface area contributed by atoms with E-state index in [1.807, 2.05) is 47.1 Å². The van der Waals surface area contributed by atoms with Crippen molar-refractivity contribution in [1.29, 1.82) is 0 Å². The molecule has 1 aliphatic rings. The molecule has 0 radical (unpaired) electrons. The summed E-state index contributed by atoms with van der Waals surface area (Å²) in [5, 5.41) is 16.6. The number of carbonyl (C=O) groups is 1. The fourth-order valence-corrected chi connectivity index (χ4v) is 3.14. The lowest BCUT2D eigenvalue weighted by Gasteiger charge is -2.32. The van der Waals surface area contributed by atoms with Gasteiger partial charge in [-0.25, -0.2) is 4.79 Å². The van der Waals surface area contributed by atoms with Crippen molar-refractivity contribution in [3.05, 3.63) is 53.9 Å². The third-order valence-electron chi connectivity index (χ3n) is 4.84. The predicted octanol–water partition coefficient (Wildman–Crippen LogP) is 2.41. The number of aliphatic hydroxyl groups is 1. The van der Waals surface area contributed by atoms with E-state index in [2.05, 4.69) is 22.5 Å². The van der Waals surface area contributed by atoms with Crippen molar-refractivity contribution in [3.8, 4) is 0 Å². The number of likely N-dealkylation sites (tertiary alicyclic amines) is 1. The number of carbonyl (C=O) groups excluding carboxylic acids is 1. The van der Waals surface area contributed by atoms with Gasteiger partial charge in [-0.05, 0) is 31.2 Å². The van der Waals surface area contributed by atoms with E-state index in [4.69, 9.17) is 0 Å². The van der Waals surface area contributed by atoms with Gasteiger partial charge in [0.15, 0.2) is 0 Å². The highest BCUT2D eigenvalue weighted by Crippen LogP contribution is 2.18. The number of hydrogen-bond acceptors (Lipinski definition) is 3. The lowest BCUT2D eigenvalue weighted by atomic mass is 9.98. The number of urea groups is 1. The molecule has 3 rings (SSSR count). The summed E-state index contributed by atoms with van der Waals surface area (Å²) in [7, 11) is 0. The Morgan fingerprint density at radius 3 is 2.72 bits per heavy atom. The highest BCUT2D eigenvalue weighted by molar-refractivity contribution is 5.74. The first-order valence-electron chi connectivity index (χ1n) is 8.88. The van der Waals surface area contributed by atoms with Gasteiger partial charge in [-0.1, -0.05) is 30.3 Å². The molecule has 0 saturated carbocycles. The smallest absolute Gasteiger partial charge is 0.317 e. The van der Waals surface area contributed by atoms with E-state index in [-0.39, 0.29) is 18.7 Å². The second-order valence-corrected chi connectivity index (χ2v) is 6.74. The quantitative estimate of drug-likeness (QED) is 0.877. The van der Waals surface area contributed by atoms with Crippen molar-refractivity contribution in [2.75, 3.05) is 19.7 Å². The minimum atomic E-state index is -0.0902. The van der Waals surface area contributed by atoms with E-state index in [0.29, 0.717) is 19.0 Å². The maximum Gasteiger partial charge on any atom is 0.317 e. The van der Waals surface area contributed by atoms with E-state index in [1.54, 1.807) is 0 Å². The van der Waals surface area contributed by atoms with Gasteiger partial charge < -0.3 is 15.3 Å². The van der Waals surface area contributed by atoms with E-state index in [1.165, 1.54) is 5.56 Å². The van der Waals surface area contributed by atoms with Crippen molar-refractivity contribution in [2.45, 2.75) is 32.4 Å². The number of piperidine rings is 1. The molecule has 2 heterocycles. The number of hydrogen-bond donors (Lipinski definition) is 2. The number of rotatable bonds is 5. The summed E-state index contributed by atoms with van der Waals surface area (Å²) in [6.07, 6.45) is 5.53. The van der Waals surface area contributed by atoms with Gasteiger partial charge in [-0.15, -0.1) is 0 Å². The average Bonchev–Trinajstić information content (AvgIpc) is 3.11. The Hall–Kier alpha value is -2.34. The van der Waals surface area contributed by atoms with Gasteiger partial charge in [-0.2, -0.15) is 5.10 Å². The van der Waals surface area contributed by atoms with Crippen molar-refractivity contribution in [3.63, 3.8) is 0 Å². The first kappa shape index (κ1) is 17.5. The standard InChI is InChI=1S/C19H26N4O2/c1-15(21-19(25)22-9-7-17(14-24)8-10-22)18-11-20-23(13-18)12-16-5-3-2-4-6-16/h2-6,11,13,15,17,24H,7-10,12,14H2,1H3,(H,21,25). The van der Waals surface area contributed by atoms with Crippen LogP contribution < -0.4 is 5.32 Å². The molecule has 1 atom stereocenters. The molecule has 1 aliphatic heterocycles. The lowest BCUT2D eigenvalue weighted by molar-refractivity contribution is 0.136. The van der Waals surface area contributed by atoms with Crippen LogP contribution in [0.3, 0.4) is 0 Å². The van der Waals surface area contributed by atoms with Crippen LogP contribution in [0.15, 0.2) is 42.7 Å². The van der Waals surface area contributed by atoms with E-state index >= 15 is 0 Å². The average molecular weight is 342 g/mol. The Morgan fingerprint density at radius 1 is 1.32 bits per heavy atom. The van der Waals surface area contributed by atoms with Crippen molar-refractivity contribution >= 4 is 6.03 Å². The van der Waals surface area contributed by atoms with Gasteiger partial charge in [0, 0.05) is 31.5 Å². The Bertz CT molecular complexity index is 678. The Labute approximate surface area is 148 Å². The summed E-state index contributed by atoms with van der Waals surface area (Å²) in [4.78, 5) is 14.2. The van der Waals surface area contributed by atoms with Gasteiger partial charge in [0.1, 0.15) is 0 Å². The number of nitrogens with one attached hydrogen (secondary N) is 1. The molecule has 0 bridgehead atoms. The van der Waals surface area contributed by atoms with Crippen LogP contribution in [0, 0.1) is 5.92 Å². The first-order chi connectivity index (χ1) is 12.2. The monoisotopic (exact) mass is 342 g/mol. The molecule has 0 aliphatic carbocycles. The zero-order valence-electron chi connectivity index (χ0n) is 14.6. The molecule has 0 spiro atoms. The van der Waals surface area contributed by atoms with Gasteiger partial charge in [0.2, 0.25) is 0 Å². The molecule has 1 aromatic heterocycles. The fraction of sp³-hybridized carbons (Fsp3) is 0.474. The van der Waals surface area contributed by atoms with Crippen LogP contribution in [0.5, 0.6) is 0 Å². The molecule has 2 aromatic rings. The van der Waals surface area contributed by atoms with Gasteiger partial charge >= 0.3 is 6.03 Å². The van der Waals surface area contributed by atoms with E-state index in [9.17, 15) is 9.90 Å². The molecule has 1 unspecified atom stereocenters. The van der Waals surface area contributed by atoms with Crippen LogP contribution in [0.1, 0.15) is 36.9 Å². The van der Waals surface area contributed by atoms with Crippen LogP contribution in [-0.4, -0.2) is 45.5 Å². The minimum Gasteiger partial charge on any atom is -0.396 e. The maximum atomic E-state index is 12.4. The van der Waals surface area contributed by atoms with Crippen LogP contribution in [0.4, 0.5) is 4.79 Å². The summed E-state index contributed by atoms with van der Waals surface area (Å²) in [6, 6.07) is 10.0. The molecule has 1 saturated heterocycles. The summed E-state index contributed by atoms with van der Waals surface area (Å²) >= 11 is 0. The van der Waals surface area contributed by atoms with Crippen molar-refractivity contribution in [2.24, 2.45) is 5.92 Å². The van der Waals surface area contributed by atoms with Gasteiger partial charge in [0.25, 0.3) is 0 Å². The minimum absolute atomic E-state index is 0.0419. The van der Waals surface area contributed by atoms with Gasteiger partial charge in [0.05, 0.1) is 18.8 Å². The molecule has 2 N–H and O–H groups in total. The summed E-state index contributed by atoms with van der Waals surface area (Å²) in [5.41, 5.74) is 2.19. The summed E-state index contributed by atoms with van der Waals surface area (Å²) in [6.45, 7) is 4.32. The highest BCUT2D eigenvalue weighted by atomic mass is 16.3. The topological polar surface area (TPSA) is 70.4 Å². The van der Waals surface area contributed by atoms with E-state index in [0.717, 1.165) is 24.9 Å². The molecule has 2 amide bonds. The Balaban J connectivity index is 1.53. The number of benzene rings is 1. The Morgan fingerprint density at radius 2 is 2.04 bits per heavy atom. The molecule has 25 heavy (non-hydrogen) atoms. The second-order valence-electron chi connectivity index (χ2n) is 6.74. The molecule has 6 heteroatoms. The van der Waals surface area contributed by atoms with Crippen molar-refractivity contribution in [1.82, 2.24) is 20.0 Å². The number of aromatic nitrogens is 2. The van der Waals surface area contributed by atoms with Crippen LogP contribution in [0.25, 0.3) is 0 Å². The third kappa shape index (κ3) is 4.60. The molecule has 6 nitrogen and oxygen atoms in total. The normalized spacial score (nSPS) is 16.6. The molecule has 134 valence electrons. The SMILES string of the molecule is CC(NC(=O)N1CCC(CO)CC1)c1cnn(Cc2ccccc2)c1. The van der Waals surface area contributed by atoms with E-state index < -0.39 is 0 Å². The third-order valence-corrected chi connectivity index (χ3v) is 4.84. The largest absolute Gasteiger partial charge is 0.396 e. The van der Waals surface area contributed by atoms with Crippen LogP contribution in [-0.2, 0) is 6.54 Å². The molecule has 1 aromatic carbocycles. The second kappa shape index (κ2) is 8.16. The van der Waals surface area contributed by atoms with Crippen LogP contribution in [0.2, 0.25) is 0 Å². The number of nitrogens with zero attached hydrogens (tertiary/aromatic N) is 3. The zero-order chi connectivity index (χ0) is 17.6. The number of aliphatic hydroxyl groups excluding tert-OH is 1. The fourth-order valence-electron chi connectivity index (χ4n) is 3.14. The maximum absolute atomic E-state index is 12.4. The molecule has 1 fully saturated rings. The molecular weight excluding hydrogens is 316 g/mol. The predicted molar refractivity (Wildman–Crippen MR) is 96.1 cm³/mol. The summed E-state index contributed by atoms with van der Waals surface area (Å²) < 4.78 is 1.89. The first-order valence-corrected chi connectivity index (χ1v) is 8.88.